The maximum atomic E-state index is 9.84. The van der Waals surface area contributed by atoms with Gasteiger partial charge in [0, 0.05) is 0 Å². The van der Waals surface area contributed by atoms with Crippen molar-refractivity contribution in [2.75, 3.05) is 0 Å². The second-order valence-corrected chi connectivity index (χ2v) is 4.47. The lowest BCUT2D eigenvalue weighted by molar-refractivity contribution is 0.0786. The number of aromatic nitrogens is 3. The quantitative estimate of drug-likeness (QED) is 0.871. The molecule has 0 saturated heterocycles. The lowest BCUT2D eigenvalue weighted by Crippen LogP contribution is -2.15. The Bertz CT molecular complexity index is 488. The fourth-order valence-corrected chi connectivity index (χ4v) is 1.67. The van der Waals surface area contributed by atoms with Crippen LogP contribution in [-0.4, -0.2) is 19.9 Å². The minimum absolute atomic E-state index is 0.533. The van der Waals surface area contributed by atoms with Crippen molar-refractivity contribution in [3.63, 3.8) is 0 Å². The molecule has 0 aliphatic heterocycles. The first-order chi connectivity index (χ1) is 7.48. The van der Waals surface area contributed by atoms with Crippen molar-refractivity contribution < 1.29 is 5.11 Å². The first-order valence-corrected chi connectivity index (χ1v) is 5.23. The van der Waals surface area contributed by atoms with E-state index >= 15 is 0 Å². The molecule has 84 valence electrons. The Morgan fingerprint density at radius 3 is 2.62 bits per heavy atom. The Hall–Kier alpha value is -1.39. The molecule has 0 fully saturated rings. The van der Waals surface area contributed by atoms with Gasteiger partial charge in [-0.3, -0.25) is 0 Å². The van der Waals surface area contributed by atoms with Crippen molar-refractivity contribution in [2.24, 2.45) is 0 Å². The zero-order chi connectivity index (χ0) is 11.8. The normalized spacial score (nSPS) is 11.8. The summed E-state index contributed by atoms with van der Waals surface area (Å²) in [5.41, 5.74) is 0.610. The topological polar surface area (TPSA) is 50.9 Å². The minimum atomic E-state index is -0.898. The molecule has 1 N–H and O–H groups in total. The molecule has 0 bridgehead atoms. The number of halogens is 1. The summed E-state index contributed by atoms with van der Waals surface area (Å²) in [5.74, 6) is 0. The lowest BCUT2D eigenvalue weighted by Gasteiger charge is -2.18. The average molecular weight is 238 g/mol. The van der Waals surface area contributed by atoms with E-state index in [-0.39, 0.29) is 0 Å². The number of aliphatic hydroxyl groups is 1. The summed E-state index contributed by atoms with van der Waals surface area (Å²) >= 11 is 6.13. The SMILES string of the molecule is CC(C)(O)c1ccc(-n2cncn2)c(Cl)c1. The Morgan fingerprint density at radius 2 is 2.12 bits per heavy atom. The van der Waals surface area contributed by atoms with Crippen molar-refractivity contribution in [2.45, 2.75) is 19.4 Å². The molecule has 0 aliphatic carbocycles. The molecular weight excluding hydrogens is 226 g/mol. The van der Waals surface area contributed by atoms with Crippen molar-refractivity contribution in [3.05, 3.63) is 41.4 Å². The number of nitrogens with zero attached hydrogens (tertiary/aromatic N) is 3. The van der Waals surface area contributed by atoms with Gasteiger partial charge >= 0.3 is 0 Å². The van der Waals surface area contributed by atoms with Gasteiger partial charge in [-0.2, -0.15) is 5.10 Å². The van der Waals surface area contributed by atoms with Crippen molar-refractivity contribution in [3.8, 4) is 5.69 Å². The molecule has 16 heavy (non-hydrogen) atoms. The molecule has 4 nitrogen and oxygen atoms in total. The van der Waals surface area contributed by atoms with Crippen LogP contribution in [0.3, 0.4) is 0 Å². The van der Waals surface area contributed by atoms with Gasteiger partial charge in [0.1, 0.15) is 12.7 Å². The summed E-state index contributed by atoms with van der Waals surface area (Å²) in [4.78, 5) is 3.85. The van der Waals surface area contributed by atoms with E-state index in [2.05, 4.69) is 10.1 Å². The largest absolute Gasteiger partial charge is 0.386 e. The summed E-state index contributed by atoms with van der Waals surface area (Å²) in [6.07, 6.45) is 3.02. The van der Waals surface area contributed by atoms with Crippen LogP contribution in [-0.2, 0) is 5.60 Å². The van der Waals surface area contributed by atoms with Gasteiger partial charge in [0.2, 0.25) is 0 Å². The third-order valence-electron chi connectivity index (χ3n) is 2.32. The van der Waals surface area contributed by atoms with Crippen LogP contribution in [0.15, 0.2) is 30.9 Å². The monoisotopic (exact) mass is 237 g/mol. The molecule has 0 saturated carbocycles. The van der Waals surface area contributed by atoms with Gasteiger partial charge in [-0.25, -0.2) is 9.67 Å². The molecule has 0 aliphatic rings. The summed E-state index contributed by atoms with van der Waals surface area (Å²) in [7, 11) is 0. The van der Waals surface area contributed by atoms with E-state index in [4.69, 9.17) is 11.6 Å². The van der Waals surface area contributed by atoms with Crippen LogP contribution < -0.4 is 0 Å². The van der Waals surface area contributed by atoms with Crippen LogP contribution in [0.4, 0.5) is 0 Å². The zero-order valence-corrected chi connectivity index (χ0v) is 9.81. The minimum Gasteiger partial charge on any atom is -0.386 e. The summed E-state index contributed by atoms with van der Waals surface area (Å²) < 4.78 is 1.58. The average Bonchev–Trinajstić information content (AvgIpc) is 2.69. The second-order valence-electron chi connectivity index (χ2n) is 4.07. The summed E-state index contributed by atoms with van der Waals surface area (Å²) in [5, 5.41) is 14.4. The van der Waals surface area contributed by atoms with Gasteiger partial charge in [0.25, 0.3) is 0 Å². The first-order valence-electron chi connectivity index (χ1n) is 4.86. The third kappa shape index (κ3) is 2.08. The van der Waals surface area contributed by atoms with Gasteiger partial charge in [-0.05, 0) is 31.5 Å². The Kier molecular flexibility index (Phi) is 2.69. The highest BCUT2D eigenvalue weighted by Gasteiger charge is 2.17. The van der Waals surface area contributed by atoms with Crippen molar-refractivity contribution in [1.29, 1.82) is 0 Å². The van der Waals surface area contributed by atoms with E-state index in [1.165, 1.54) is 6.33 Å². The Balaban J connectivity index is 2.46. The first kappa shape index (κ1) is 11.1. The number of hydrogen-bond acceptors (Lipinski definition) is 3. The van der Waals surface area contributed by atoms with Gasteiger partial charge in [0.15, 0.2) is 0 Å². The molecule has 2 aromatic rings. The molecule has 1 aromatic carbocycles. The van der Waals surface area contributed by atoms with Crippen LogP contribution in [0.5, 0.6) is 0 Å². The van der Waals surface area contributed by atoms with Gasteiger partial charge in [-0.1, -0.05) is 17.7 Å². The molecule has 0 atom stereocenters. The molecule has 1 heterocycles. The van der Waals surface area contributed by atoms with Crippen LogP contribution in [0.2, 0.25) is 5.02 Å². The smallest absolute Gasteiger partial charge is 0.138 e. The molecule has 0 amide bonds. The predicted octanol–water partition coefficient (Wildman–Crippen LogP) is 2.15. The molecule has 0 unspecified atom stereocenters. The number of rotatable bonds is 2. The van der Waals surface area contributed by atoms with Crippen LogP contribution >= 0.6 is 11.6 Å². The predicted molar refractivity (Wildman–Crippen MR) is 61.6 cm³/mol. The molecule has 0 spiro atoms. The fourth-order valence-electron chi connectivity index (χ4n) is 1.41. The zero-order valence-electron chi connectivity index (χ0n) is 9.05. The molecular formula is C11H12ClN3O. The van der Waals surface area contributed by atoms with E-state index < -0.39 is 5.60 Å². The van der Waals surface area contributed by atoms with E-state index in [9.17, 15) is 5.11 Å². The standard InChI is InChI=1S/C11H12ClN3O/c1-11(2,16)8-3-4-10(9(12)5-8)15-7-13-6-14-15/h3-7,16H,1-2H3. The third-order valence-corrected chi connectivity index (χ3v) is 2.62. The van der Waals surface area contributed by atoms with Crippen LogP contribution in [0.1, 0.15) is 19.4 Å². The molecule has 5 heteroatoms. The van der Waals surface area contributed by atoms with E-state index in [1.54, 1.807) is 30.9 Å². The van der Waals surface area contributed by atoms with E-state index in [1.807, 2.05) is 12.1 Å². The van der Waals surface area contributed by atoms with Gasteiger partial charge in [0.05, 0.1) is 16.3 Å². The van der Waals surface area contributed by atoms with Gasteiger partial charge < -0.3 is 5.11 Å². The Labute approximate surface area is 98.5 Å². The lowest BCUT2D eigenvalue weighted by atomic mass is 9.98. The number of benzene rings is 1. The second kappa shape index (κ2) is 3.88. The highest BCUT2D eigenvalue weighted by molar-refractivity contribution is 6.32. The van der Waals surface area contributed by atoms with E-state index in [0.29, 0.717) is 5.02 Å². The summed E-state index contributed by atoms with van der Waals surface area (Å²) in [6.45, 7) is 3.43. The van der Waals surface area contributed by atoms with Crippen molar-refractivity contribution >= 4 is 11.6 Å². The van der Waals surface area contributed by atoms with Gasteiger partial charge in [-0.15, -0.1) is 0 Å². The maximum Gasteiger partial charge on any atom is 0.138 e. The van der Waals surface area contributed by atoms with Crippen LogP contribution in [0, 0.1) is 0 Å². The van der Waals surface area contributed by atoms with E-state index in [0.717, 1.165) is 11.3 Å². The highest BCUT2D eigenvalue weighted by Crippen LogP contribution is 2.27. The Morgan fingerprint density at radius 1 is 1.38 bits per heavy atom. The van der Waals surface area contributed by atoms with Crippen LogP contribution in [0.25, 0.3) is 5.69 Å². The molecule has 1 aromatic heterocycles. The number of hydrogen-bond donors (Lipinski definition) is 1. The summed E-state index contributed by atoms with van der Waals surface area (Å²) in [6, 6.07) is 5.37. The molecule has 2 rings (SSSR count). The highest BCUT2D eigenvalue weighted by atomic mass is 35.5. The molecule has 0 radical (unpaired) electrons. The maximum absolute atomic E-state index is 9.84. The fraction of sp³-hybridized carbons (Fsp3) is 0.273. The van der Waals surface area contributed by atoms with Crippen molar-refractivity contribution in [1.82, 2.24) is 14.8 Å².